The summed E-state index contributed by atoms with van der Waals surface area (Å²) >= 11 is 0. The maximum Gasteiger partial charge on any atom is 0.308 e. The summed E-state index contributed by atoms with van der Waals surface area (Å²) in [6, 6.07) is 0. The lowest BCUT2D eigenvalue weighted by Crippen LogP contribution is -2.21. The molecule has 0 heterocycles. The average molecular weight is 735 g/mol. The minimum absolute atomic E-state index is 0.0628. The maximum atomic E-state index is 11.2. The van der Waals surface area contributed by atoms with Gasteiger partial charge in [0, 0.05) is 65.0 Å². The van der Waals surface area contributed by atoms with Gasteiger partial charge in [-0.05, 0) is 38.5 Å². The summed E-state index contributed by atoms with van der Waals surface area (Å²) in [6.07, 6.45) is -3.64. The van der Waals surface area contributed by atoms with Gasteiger partial charge in [0.1, 0.15) is 0 Å². The molecule has 0 saturated heterocycles. The van der Waals surface area contributed by atoms with Crippen LogP contribution in [0.3, 0.4) is 0 Å². The van der Waals surface area contributed by atoms with E-state index in [1.165, 1.54) is 0 Å². The molecule has 0 rings (SSSR count). The third kappa shape index (κ3) is 40.7. The van der Waals surface area contributed by atoms with E-state index in [4.69, 9.17) is 30.6 Å². The molecule has 0 spiro atoms. The summed E-state index contributed by atoms with van der Waals surface area (Å²) in [5.74, 6) is -4.81. The lowest BCUT2D eigenvalue weighted by atomic mass is 10.2. The highest BCUT2D eigenvalue weighted by molar-refractivity contribution is 5.78. The van der Waals surface area contributed by atoms with Crippen LogP contribution in [0.4, 0.5) is 0 Å². The third-order valence-electron chi connectivity index (χ3n) is 5.60. The monoisotopic (exact) mass is 734 g/mol. The topological polar surface area (TPSA) is 342 Å². The number of aliphatic hydroxyl groups is 8. The van der Waals surface area contributed by atoms with Crippen LogP contribution in [0.2, 0.25) is 0 Å². The van der Waals surface area contributed by atoms with Gasteiger partial charge in [-0.2, -0.15) is 0 Å². The van der Waals surface area contributed by atoms with E-state index in [1.54, 1.807) is 0 Å². The summed E-state index contributed by atoms with van der Waals surface area (Å²) in [4.78, 5) is 64.7. The number of hydrogen-bond acceptors (Lipinski definition) is 18. The highest BCUT2D eigenvalue weighted by Gasteiger charge is 2.17. The first-order chi connectivity index (χ1) is 23.6. The molecule has 0 bridgehead atoms. The molecule has 4 unspecified atom stereocenters. The third-order valence-corrected chi connectivity index (χ3v) is 5.60. The quantitative estimate of drug-likeness (QED) is 0.0205. The van der Waals surface area contributed by atoms with Crippen LogP contribution in [-0.2, 0) is 47.7 Å². The van der Waals surface area contributed by atoms with E-state index in [2.05, 4.69) is 18.9 Å². The fourth-order valence-corrected chi connectivity index (χ4v) is 3.10. The molecule has 0 aromatic heterocycles. The molecule has 0 aliphatic heterocycles. The molecule has 0 aromatic rings. The number of unbranched alkanes of at least 4 members (excludes halogenated alkanes) is 1. The highest BCUT2D eigenvalue weighted by atomic mass is 16.7. The minimum Gasteiger partial charge on any atom is -0.481 e. The van der Waals surface area contributed by atoms with Gasteiger partial charge < -0.3 is 70.0 Å². The lowest BCUT2D eigenvalue weighted by molar-refractivity contribution is -0.176. The predicted octanol–water partition coefficient (Wildman–Crippen LogP) is -1.21. The molecule has 10 N–H and O–H groups in total. The van der Waals surface area contributed by atoms with Crippen LogP contribution in [0.15, 0.2) is 0 Å². The molecular formula is C30H54O20. The zero-order valence-corrected chi connectivity index (χ0v) is 28.0. The maximum absolute atomic E-state index is 11.2. The normalized spacial score (nSPS) is 12.7. The number of carboxylic acids is 2. The summed E-state index contributed by atoms with van der Waals surface area (Å²) < 4.78 is 18.3. The number of aliphatic carboxylic acids is 2. The van der Waals surface area contributed by atoms with Crippen molar-refractivity contribution in [2.45, 2.75) is 128 Å². The first kappa shape index (κ1) is 50.9. The Morgan fingerprint density at radius 2 is 0.560 bits per heavy atom. The number of carboxylic acid groups (broad SMARTS) is 2. The molecule has 0 fully saturated rings. The van der Waals surface area contributed by atoms with Gasteiger partial charge in [0.05, 0.1) is 25.7 Å². The molecule has 4 atom stereocenters. The number of carbonyl (C=O) groups is 6. The number of rotatable bonds is 27. The fourth-order valence-electron chi connectivity index (χ4n) is 3.10. The van der Waals surface area contributed by atoms with E-state index in [-0.39, 0.29) is 90.6 Å². The second-order valence-corrected chi connectivity index (χ2v) is 10.2. The van der Waals surface area contributed by atoms with Gasteiger partial charge in [-0.15, -0.1) is 0 Å². The Labute approximate surface area is 289 Å². The number of esters is 4. The molecule has 20 heteroatoms. The van der Waals surface area contributed by atoms with E-state index in [0.29, 0.717) is 38.5 Å². The van der Waals surface area contributed by atoms with Crippen molar-refractivity contribution in [3.05, 3.63) is 0 Å². The summed E-state index contributed by atoms with van der Waals surface area (Å²) in [5.41, 5.74) is 0. The van der Waals surface area contributed by atoms with E-state index >= 15 is 0 Å². The van der Waals surface area contributed by atoms with Gasteiger partial charge >= 0.3 is 35.8 Å². The van der Waals surface area contributed by atoms with Crippen molar-refractivity contribution in [3.63, 3.8) is 0 Å². The van der Waals surface area contributed by atoms with Crippen LogP contribution in [-0.4, -0.2) is 138 Å². The molecule has 20 nitrogen and oxygen atoms in total. The lowest BCUT2D eigenvalue weighted by Gasteiger charge is -2.12. The average Bonchev–Trinajstić information content (AvgIpc) is 3.05. The van der Waals surface area contributed by atoms with Gasteiger partial charge in [0.15, 0.2) is 0 Å². The van der Waals surface area contributed by atoms with Crippen molar-refractivity contribution in [2.24, 2.45) is 0 Å². The molecule has 0 aliphatic carbocycles. The number of aliphatic hydroxyl groups excluding tert-OH is 8. The molecule has 0 aromatic carbocycles. The van der Waals surface area contributed by atoms with Crippen molar-refractivity contribution in [3.8, 4) is 0 Å². The Morgan fingerprint density at radius 3 is 0.720 bits per heavy atom. The second kappa shape index (κ2) is 35.3. The Balaban J connectivity index is -0.000000701. The Morgan fingerprint density at radius 1 is 0.360 bits per heavy atom. The van der Waals surface area contributed by atoms with E-state index in [9.17, 15) is 49.2 Å². The summed E-state index contributed by atoms with van der Waals surface area (Å²) in [6.45, 7) is -0.474. The van der Waals surface area contributed by atoms with Crippen molar-refractivity contribution < 1.29 is 98.8 Å². The van der Waals surface area contributed by atoms with Crippen LogP contribution in [0.5, 0.6) is 0 Å². The zero-order chi connectivity index (χ0) is 38.7. The van der Waals surface area contributed by atoms with E-state index in [0.717, 1.165) is 0 Å². The second-order valence-electron chi connectivity index (χ2n) is 10.2. The first-order valence-corrected chi connectivity index (χ1v) is 16.0. The predicted molar refractivity (Wildman–Crippen MR) is 166 cm³/mol. The van der Waals surface area contributed by atoms with Gasteiger partial charge in [0.2, 0.25) is 25.2 Å². The number of hydrogen-bond donors (Lipinski definition) is 10. The molecule has 0 amide bonds. The minimum atomic E-state index is -1.30. The summed E-state index contributed by atoms with van der Waals surface area (Å²) in [7, 11) is 0. The van der Waals surface area contributed by atoms with Crippen LogP contribution in [0, 0.1) is 0 Å². The zero-order valence-electron chi connectivity index (χ0n) is 28.0. The van der Waals surface area contributed by atoms with Gasteiger partial charge in [-0.25, -0.2) is 0 Å². The van der Waals surface area contributed by atoms with Crippen LogP contribution >= 0.6 is 0 Å². The SMILES string of the molecule is O=C(CCC(=O)OC(O)CCCO)OC(O)CCCO.O=C(CCC(=O)OC(O)CCCO)OC(O)CCCO.O=C(O)CCCCC(=O)O. The Kier molecular flexibility index (Phi) is 35.9. The molecule has 0 aliphatic rings. The van der Waals surface area contributed by atoms with Crippen molar-refractivity contribution in [1.82, 2.24) is 0 Å². The van der Waals surface area contributed by atoms with Gasteiger partial charge in [0.25, 0.3) is 0 Å². The van der Waals surface area contributed by atoms with E-state index in [1.807, 2.05) is 0 Å². The van der Waals surface area contributed by atoms with Crippen molar-refractivity contribution >= 4 is 35.8 Å². The van der Waals surface area contributed by atoms with Crippen LogP contribution in [0.25, 0.3) is 0 Å². The number of ether oxygens (including phenoxy) is 4. The van der Waals surface area contributed by atoms with Crippen LogP contribution in [0.1, 0.15) is 103 Å². The number of carbonyl (C=O) groups excluding carboxylic acids is 4. The van der Waals surface area contributed by atoms with Crippen LogP contribution < -0.4 is 0 Å². The molecule has 294 valence electrons. The van der Waals surface area contributed by atoms with Gasteiger partial charge in [-0.3, -0.25) is 28.8 Å². The van der Waals surface area contributed by atoms with E-state index < -0.39 is 61.0 Å². The Bertz CT molecular complexity index is 785. The molecule has 0 radical (unpaired) electrons. The smallest absolute Gasteiger partial charge is 0.308 e. The molecule has 0 saturated carbocycles. The van der Waals surface area contributed by atoms with Crippen molar-refractivity contribution in [2.75, 3.05) is 26.4 Å². The molecule has 50 heavy (non-hydrogen) atoms. The van der Waals surface area contributed by atoms with Crippen molar-refractivity contribution in [1.29, 1.82) is 0 Å². The Hall–Kier alpha value is -3.50. The fraction of sp³-hybridized carbons (Fsp3) is 0.800. The summed E-state index contributed by atoms with van der Waals surface area (Å²) in [5, 5.41) is 87.2. The molecular weight excluding hydrogens is 680 g/mol. The highest BCUT2D eigenvalue weighted by Crippen LogP contribution is 2.07. The first-order valence-electron chi connectivity index (χ1n) is 16.0. The standard InChI is InChI=1S/2C12H22O8.C6H10O4/c2*13-7-1-3-9(15)19-11(17)5-6-12(18)20-10(16)4-2-8-14;7-5(8)3-1-2-4-6(9)10/h2*9-10,13-16H,1-8H2;1-4H2,(H,7,8)(H,9,10). The van der Waals surface area contributed by atoms with Gasteiger partial charge in [-0.1, -0.05) is 0 Å². The largest absolute Gasteiger partial charge is 0.481 e.